The van der Waals surface area contributed by atoms with Gasteiger partial charge in [0.2, 0.25) is 5.91 Å². The number of benzene rings is 1. The minimum atomic E-state index is -1.11. The van der Waals surface area contributed by atoms with Gasteiger partial charge in [0, 0.05) is 0 Å². The number of phenolic OH excluding ortho intramolecular Hbond substituents is 1. The van der Waals surface area contributed by atoms with Crippen LogP contribution in [0.25, 0.3) is 0 Å². The van der Waals surface area contributed by atoms with Crippen LogP contribution in [0.2, 0.25) is 0 Å². The average molecular weight is 391 g/mol. The Morgan fingerprint density at radius 1 is 1.37 bits per heavy atom. The minimum absolute atomic E-state index is 0.0617. The molecule has 2 amide bonds. The van der Waals surface area contributed by atoms with Gasteiger partial charge in [0.25, 0.3) is 5.91 Å². The Hall–Kier alpha value is -2.65. The first-order chi connectivity index (χ1) is 12.8. The monoisotopic (exact) mass is 391 g/mol. The number of fused-ring (bicyclic) bond motifs is 1. The van der Waals surface area contributed by atoms with Crippen LogP contribution in [-0.4, -0.2) is 55.7 Å². The van der Waals surface area contributed by atoms with Gasteiger partial charge in [-0.15, -0.1) is 10.5 Å². The number of nitrogens with one attached hydrogen (secondary N) is 1. The van der Waals surface area contributed by atoms with Crippen molar-refractivity contribution in [3.63, 3.8) is 0 Å². The first-order valence-corrected chi connectivity index (χ1v) is 9.91. The Bertz CT molecular complexity index is 849. The van der Waals surface area contributed by atoms with Crippen molar-refractivity contribution in [3.8, 4) is 5.75 Å². The minimum Gasteiger partial charge on any atom is -0.508 e. The summed E-state index contributed by atoms with van der Waals surface area (Å²) in [4.78, 5) is 38.0. The van der Waals surface area contributed by atoms with Gasteiger partial charge in [-0.1, -0.05) is 18.2 Å². The molecule has 0 aromatic heterocycles. The van der Waals surface area contributed by atoms with E-state index in [1.54, 1.807) is 11.5 Å². The molecule has 2 aliphatic rings. The lowest BCUT2D eigenvalue weighted by atomic mass is 9.91. The van der Waals surface area contributed by atoms with Crippen molar-refractivity contribution in [2.75, 3.05) is 5.75 Å². The molecule has 27 heavy (non-hydrogen) atoms. The van der Waals surface area contributed by atoms with Crippen molar-refractivity contribution in [2.45, 2.75) is 31.5 Å². The van der Waals surface area contributed by atoms with Crippen molar-refractivity contribution in [3.05, 3.63) is 41.3 Å². The molecule has 1 aromatic carbocycles. The number of aromatic hydroxyl groups is 1. The summed E-state index contributed by atoms with van der Waals surface area (Å²) in [5.41, 5.74) is 6.45. The first kappa shape index (κ1) is 19.1. The number of phenols is 1. The van der Waals surface area contributed by atoms with Gasteiger partial charge in [0.1, 0.15) is 17.8 Å². The van der Waals surface area contributed by atoms with E-state index in [2.05, 4.69) is 5.32 Å². The number of carboxylic acids is 1. The standard InChI is InChI=1S/C18H21N3O5S/c1-2-8-27-9-7-12-14(16(24)21(12)17(27)18(25)26)20-15(23)13(19)10-3-5-11(22)6-4-10/h2-6,8,12-14,22H,7,9,19H2,1H3,(H,20,23)(H,25,26)/t12-,13?,14+,27?/m1/s1. The third kappa shape index (κ3) is 3.47. The second-order valence-electron chi connectivity index (χ2n) is 6.33. The Balaban J connectivity index is 1.74. The Morgan fingerprint density at radius 2 is 2.04 bits per heavy atom. The van der Waals surface area contributed by atoms with E-state index in [1.165, 1.54) is 29.2 Å². The molecule has 5 N–H and O–H groups in total. The van der Waals surface area contributed by atoms with Gasteiger partial charge in [-0.05, 0) is 42.2 Å². The molecule has 0 saturated carbocycles. The summed E-state index contributed by atoms with van der Waals surface area (Å²) in [7, 11) is -0.621. The van der Waals surface area contributed by atoms with Crippen LogP contribution in [0, 0.1) is 0 Å². The highest BCUT2D eigenvalue weighted by Gasteiger charge is 2.53. The molecule has 1 fully saturated rings. The Kier molecular flexibility index (Phi) is 5.33. The number of nitrogens with zero attached hydrogens (tertiary/aromatic N) is 1. The lowest BCUT2D eigenvalue weighted by Gasteiger charge is -2.50. The molecule has 2 aliphatic heterocycles. The van der Waals surface area contributed by atoms with Gasteiger partial charge >= 0.3 is 5.97 Å². The van der Waals surface area contributed by atoms with E-state index >= 15 is 0 Å². The lowest BCUT2D eigenvalue weighted by Crippen LogP contribution is -2.74. The number of β-lactam (4-membered cyclic amide) rings is 1. The fourth-order valence-corrected chi connectivity index (χ4v) is 5.29. The summed E-state index contributed by atoms with van der Waals surface area (Å²) in [5.74, 6) is -1.37. The number of nitrogens with two attached hydrogens (primary N) is 1. The molecule has 0 radical (unpaired) electrons. The smallest absolute Gasteiger partial charge is 0.358 e. The predicted octanol–water partition coefficient (Wildman–Crippen LogP) is 0.508. The maximum atomic E-state index is 12.5. The molecule has 1 saturated heterocycles. The number of hydrogen-bond acceptors (Lipinski definition) is 5. The van der Waals surface area contributed by atoms with Crippen LogP contribution in [0.4, 0.5) is 0 Å². The van der Waals surface area contributed by atoms with E-state index in [0.717, 1.165) is 0 Å². The summed E-state index contributed by atoms with van der Waals surface area (Å²) in [6.07, 6.45) is 2.39. The molecule has 2 unspecified atom stereocenters. The quantitative estimate of drug-likeness (QED) is 0.427. The maximum absolute atomic E-state index is 12.5. The molecule has 0 bridgehead atoms. The zero-order valence-corrected chi connectivity index (χ0v) is 15.5. The van der Waals surface area contributed by atoms with E-state index in [0.29, 0.717) is 17.7 Å². The van der Waals surface area contributed by atoms with E-state index in [-0.39, 0.29) is 16.8 Å². The fraction of sp³-hybridized carbons (Fsp3) is 0.333. The second kappa shape index (κ2) is 7.53. The van der Waals surface area contributed by atoms with Gasteiger partial charge < -0.3 is 21.3 Å². The topological polar surface area (TPSA) is 133 Å². The molecule has 0 aliphatic carbocycles. The zero-order chi connectivity index (χ0) is 19.7. The van der Waals surface area contributed by atoms with Crippen LogP contribution in [0.5, 0.6) is 5.75 Å². The van der Waals surface area contributed by atoms with Gasteiger partial charge in [0.15, 0.2) is 4.99 Å². The highest BCUT2D eigenvalue weighted by molar-refractivity contribution is 8.19. The Morgan fingerprint density at radius 3 is 2.63 bits per heavy atom. The van der Waals surface area contributed by atoms with Crippen molar-refractivity contribution in [1.29, 1.82) is 0 Å². The number of hydrogen-bond donors (Lipinski definition) is 4. The number of aliphatic carboxylic acids is 1. The van der Waals surface area contributed by atoms with Gasteiger partial charge in [-0.3, -0.25) is 14.5 Å². The molecular formula is C18H21N3O5S. The summed E-state index contributed by atoms with van der Waals surface area (Å²) < 4.78 is 0. The average Bonchev–Trinajstić information content (AvgIpc) is 2.65. The third-order valence-electron chi connectivity index (χ3n) is 4.64. The SMILES string of the molecule is CC=CS1=C(C(=O)O)N2C(=O)[C@@H](NC(=O)C(N)c3ccc(O)cc3)[C@H]2CC1. The zero-order valence-electron chi connectivity index (χ0n) is 14.7. The van der Waals surface area contributed by atoms with Crippen molar-refractivity contribution in [2.24, 2.45) is 5.73 Å². The van der Waals surface area contributed by atoms with Crippen molar-refractivity contribution < 1.29 is 24.6 Å². The summed E-state index contributed by atoms with van der Waals surface area (Å²) >= 11 is 0. The van der Waals surface area contributed by atoms with Gasteiger partial charge in [-0.25, -0.2) is 4.79 Å². The number of carbonyl (C=O) groups is 3. The van der Waals surface area contributed by atoms with E-state index in [9.17, 15) is 24.6 Å². The molecule has 0 spiro atoms. The summed E-state index contributed by atoms with van der Waals surface area (Å²) in [6.45, 7) is 1.81. The van der Waals surface area contributed by atoms with Crippen LogP contribution in [0.3, 0.4) is 0 Å². The predicted molar refractivity (Wildman–Crippen MR) is 102 cm³/mol. The summed E-state index contributed by atoms with van der Waals surface area (Å²) in [6, 6.07) is 3.80. The van der Waals surface area contributed by atoms with Gasteiger partial charge in [-0.2, -0.15) is 0 Å². The number of rotatable bonds is 5. The fourth-order valence-electron chi connectivity index (χ4n) is 3.31. The van der Waals surface area contributed by atoms with Gasteiger partial charge in [0.05, 0.1) is 6.04 Å². The lowest BCUT2D eigenvalue weighted by molar-refractivity contribution is -0.149. The molecule has 9 heteroatoms. The number of carboxylic acid groups (broad SMARTS) is 1. The van der Waals surface area contributed by atoms with E-state index in [4.69, 9.17) is 5.73 Å². The third-order valence-corrected chi connectivity index (χ3v) is 6.78. The van der Waals surface area contributed by atoms with E-state index < -0.39 is 40.4 Å². The van der Waals surface area contributed by atoms with Crippen LogP contribution in [0.15, 0.2) is 35.7 Å². The number of carbonyl (C=O) groups excluding carboxylic acids is 2. The molecule has 3 rings (SSSR count). The van der Waals surface area contributed by atoms with Crippen molar-refractivity contribution in [1.82, 2.24) is 10.2 Å². The van der Waals surface area contributed by atoms with Crippen LogP contribution < -0.4 is 11.1 Å². The number of allylic oxidation sites excluding steroid dienone is 1. The largest absolute Gasteiger partial charge is 0.508 e. The van der Waals surface area contributed by atoms with Crippen LogP contribution in [-0.2, 0) is 14.4 Å². The molecule has 1 aromatic rings. The molecule has 144 valence electrons. The maximum Gasteiger partial charge on any atom is 0.358 e. The van der Waals surface area contributed by atoms with Crippen LogP contribution in [0.1, 0.15) is 24.9 Å². The molecule has 2 heterocycles. The summed E-state index contributed by atoms with van der Waals surface area (Å²) in [5, 5.41) is 23.3. The Labute approximate surface area is 158 Å². The van der Waals surface area contributed by atoms with Crippen molar-refractivity contribution >= 4 is 33.3 Å². The molecular weight excluding hydrogens is 370 g/mol. The number of amides is 2. The first-order valence-electron chi connectivity index (χ1n) is 8.46. The molecule has 8 nitrogen and oxygen atoms in total. The van der Waals surface area contributed by atoms with E-state index in [1.807, 2.05) is 6.92 Å². The highest BCUT2D eigenvalue weighted by Crippen LogP contribution is 2.36. The van der Waals surface area contributed by atoms with Crippen LogP contribution >= 0.6 is 10.5 Å². The highest BCUT2D eigenvalue weighted by atomic mass is 32.2. The normalized spacial score (nSPS) is 25.7. The second-order valence-corrected chi connectivity index (χ2v) is 8.26. The molecule has 4 atom stereocenters.